The quantitative estimate of drug-likeness (QED) is 0.281. The number of aldehydes is 1. The van der Waals surface area contributed by atoms with Gasteiger partial charge in [-0.1, -0.05) is 58.0 Å². The van der Waals surface area contributed by atoms with E-state index in [0.29, 0.717) is 6.29 Å². The van der Waals surface area contributed by atoms with Crippen LogP contribution in [-0.4, -0.2) is 11.3 Å². The summed E-state index contributed by atoms with van der Waals surface area (Å²) in [5.74, 6) is -0.811. The molecule has 2 nitrogen and oxygen atoms in total. The molecule has 8 heteroatoms. The number of benzene rings is 1. The Labute approximate surface area is 138 Å². The molecule has 0 spiro atoms. The van der Waals surface area contributed by atoms with Crippen molar-refractivity contribution in [2.24, 2.45) is 0 Å². The van der Waals surface area contributed by atoms with Crippen LogP contribution in [0, 0.1) is 5.95 Å². The van der Waals surface area contributed by atoms with Gasteiger partial charge in [-0.05, 0) is 12.1 Å². The molecule has 1 aromatic carbocycles. The van der Waals surface area contributed by atoms with Crippen LogP contribution in [0.5, 0.6) is 0 Å². The molecule has 0 bridgehead atoms. The maximum Gasteiger partial charge on any atom is 0.213 e. The van der Waals surface area contributed by atoms with Crippen LogP contribution in [-0.2, 0) is 0 Å². The number of pyridine rings is 1. The molecule has 0 aliphatic rings. The van der Waals surface area contributed by atoms with Crippen LogP contribution in [0.3, 0.4) is 0 Å². The first-order chi connectivity index (χ1) is 9.38. The maximum absolute atomic E-state index is 13.1. The number of halogens is 6. The number of rotatable bonds is 2. The van der Waals surface area contributed by atoms with Gasteiger partial charge in [0.05, 0.1) is 25.1 Å². The first-order valence-corrected chi connectivity index (χ1v) is 6.91. The molecule has 0 N–H and O–H groups in total. The molecule has 20 heavy (non-hydrogen) atoms. The van der Waals surface area contributed by atoms with Gasteiger partial charge in [0.15, 0.2) is 6.29 Å². The van der Waals surface area contributed by atoms with Crippen LogP contribution in [0.1, 0.15) is 10.5 Å². The number of hydrogen-bond acceptors (Lipinski definition) is 2. The molecule has 2 rings (SSSR count). The van der Waals surface area contributed by atoms with Crippen LogP contribution in [0.15, 0.2) is 12.1 Å². The molecular formula is C12H3Cl5FNO. The van der Waals surface area contributed by atoms with Gasteiger partial charge in [-0.3, -0.25) is 4.79 Å². The van der Waals surface area contributed by atoms with Crippen LogP contribution in [0.4, 0.5) is 4.39 Å². The van der Waals surface area contributed by atoms with Crippen LogP contribution in [0.2, 0.25) is 25.1 Å². The van der Waals surface area contributed by atoms with E-state index in [0.717, 1.165) is 6.07 Å². The van der Waals surface area contributed by atoms with E-state index < -0.39 is 5.95 Å². The SMILES string of the molecule is O=Cc1nc(F)ccc1-c1c(Cl)c(Cl)c(Cl)c(Cl)c1Cl. The van der Waals surface area contributed by atoms with Crippen molar-refractivity contribution in [3.63, 3.8) is 0 Å². The largest absolute Gasteiger partial charge is 0.296 e. The average Bonchev–Trinajstić information content (AvgIpc) is 2.44. The lowest BCUT2D eigenvalue weighted by atomic mass is 10.0. The second-order valence-electron chi connectivity index (χ2n) is 3.63. The van der Waals surface area contributed by atoms with Crippen LogP contribution >= 0.6 is 58.0 Å². The van der Waals surface area contributed by atoms with Gasteiger partial charge in [-0.25, -0.2) is 4.98 Å². The van der Waals surface area contributed by atoms with Crippen molar-refractivity contribution in [3.05, 3.63) is 48.9 Å². The van der Waals surface area contributed by atoms with Crippen LogP contribution < -0.4 is 0 Å². The highest BCUT2D eigenvalue weighted by Gasteiger charge is 2.22. The summed E-state index contributed by atoms with van der Waals surface area (Å²) in [6.07, 6.45) is 0.376. The van der Waals surface area contributed by atoms with Gasteiger partial charge in [0, 0.05) is 11.1 Å². The zero-order valence-electron chi connectivity index (χ0n) is 9.36. The number of aromatic nitrogens is 1. The van der Waals surface area contributed by atoms with Crippen molar-refractivity contribution in [1.82, 2.24) is 4.98 Å². The third-order valence-corrected chi connectivity index (χ3v) is 4.76. The van der Waals surface area contributed by atoms with E-state index in [1.54, 1.807) is 0 Å². The number of nitrogens with zero attached hydrogens (tertiary/aromatic N) is 1. The zero-order valence-corrected chi connectivity index (χ0v) is 13.1. The van der Waals surface area contributed by atoms with Crippen molar-refractivity contribution < 1.29 is 9.18 Å². The molecule has 0 aliphatic heterocycles. The van der Waals surface area contributed by atoms with E-state index in [4.69, 9.17) is 58.0 Å². The van der Waals surface area contributed by atoms with Gasteiger partial charge in [-0.15, -0.1) is 0 Å². The van der Waals surface area contributed by atoms with Gasteiger partial charge < -0.3 is 0 Å². The Hall–Kier alpha value is -0.580. The molecule has 0 amide bonds. The predicted octanol–water partition coefficient (Wildman–Crippen LogP) is 5.97. The number of hydrogen-bond donors (Lipinski definition) is 0. The minimum absolute atomic E-state index is 0.00238. The lowest BCUT2D eigenvalue weighted by Crippen LogP contribution is -1.97. The van der Waals surface area contributed by atoms with Crippen molar-refractivity contribution >= 4 is 64.3 Å². The maximum atomic E-state index is 13.1. The number of carbonyl (C=O) groups excluding carboxylic acids is 1. The molecule has 0 radical (unpaired) electrons. The summed E-state index contributed by atoms with van der Waals surface area (Å²) in [4.78, 5) is 14.5. The fourth-order valence-corrected chi connectivity index (χ4v) is 2.93. The van der Waals surface area contributed by atoms with Crippen LogP contribution in [0.25, 0.3) is 11.1 Å². The first-order valence-electron chi connectivity index (χ1n) is 5.02. The Balaban J connectivity index is 2.87. The summed E-state index contributed by atoms with van der Waals surface area (Å²) >= 11 is 29.9. The van der Waals surface area contributed by atoms with E-state index >= 15 is 0 Å². The first kappa shape index (κ1) is 15.8. The van der Waals surface area contributed by atoms with Crippen molar-refractivity contribution in [2.75, 3.05) is 0 Å². The molecule has 0 saturated heterocycles. The summed E-state index contributed by atoms with van der Waals surface area (Å²) in [6.45, 7) is 0. The summed E-state index contributed by atoms with van der Waals surface area (Å²) in [6, 6.07) is 2.37. The number of carbonyl (C=O) groups is 1. The van der Waals surface area contributed by atoms with Gasteiger partial charge in [-0.2, -0.15) is 4.39 Å². The fourth-order valence-electron chi connectivity index (χ4n) is 1.59. The molecule has 1 heterocycles. The van der Waals surface area contributed by atoms with Crippen molar-refractivity contribution in [2.45, 2.75) is 0 Å². The Morgan fingerprint density at radius 3 is 1.90 bits per heavy atom. The molecule has 0 aliphatic carbocycles. The summed E-state index contributed by atoms with van der Waals surface area (Å²) in [5, 5.41) is -0.0298. The zero-order chi connectivity index (χ0) is 15.0. The molecule has 1 aromatic heterocycles. The smallest absolute Gasteiger partial charge is 0.213 e. The van der Waals surface area contributed by atoms with E-state index in [-0.39, 0.29) is 41.9 Å². The lowest BCUT2D eigenvalue weighted by molar-refractivity contribution is 0.111. The Morgan fingerprint density at radius 1 is 0.900 bits per heavy atom. The van der Waals surface area contributed by atoms with Gasteiger partial charge in [0.25, 0.3) is 0 Å². The molecule has 0 saturated carbocycles. The van der Waals surface area contributed by atoms with E-state index in [1.807, 2.05) is 0 Å². The highest BCUT2D eigenvalue weighted by Crippen LogP contribution is 2.48. The fraction of sp³-hybridized carbons (Fsp3) is 0. The minimum atomic E-state index is -0.811. The van der Waals surface area contributed by atoms with Gasteiger partial charge in [0.2, 0.25) is 5.95 Å². The third kappa shape index (κ3) is 2.61. The molecule has 0 unspecified atom stereocenters. The second kappa shape index (κ2) is 6.04. The normalized spacial score (nSPS) is 10.7. The molecular weight excluding hydrogens is 370 g/mol. The highest BCUT2D eigenvalue weighted by atomic mass is 35.5. The summed E-state index contributed by atoms with van der Waals surface area (Å²) in [7, 11) is 0. The van der Waals surface area contributed by atoms with Crippen molar-refractivity contribution in [3.8, 4) is 11.1 Å². The van der Waals surface area contributed by atoms with Gasteiger partial charge >= 0.3 is 0 Å². The second-order valence-corrected chi connectivity index (χ2v) is 5.52. The van der Waals surface area contributed by atoms with E-state index in [1.165, 1.54) is 6.07 Å². The summed E-state index contributed by atoms with van der Waals surface area (Å²) < 4.78 is 13.1. The third-order valence-electron chi connectivity index (χ3n) is 2.48. The highest BCUT2D eigenvalue weighted by molar-refractivity contribution is 6.56. The summed E-state index contributed by atoms with van der Waals surface area (Å²) in [5.41, 5.74) is 0.197. The van der Waals surface area contributed by atoms with E-state index in [2.05, 4.69) is 4.98 Å². The molecule has 0 atom stereocenters. The van der Waals surface area contributed by atoms with Gasteiger partial charge in [0.1, 0.15) is 5.69 Å². The van der Waals surface area contributed by atoms with Crippen molar-refractivity contribution in [1.29, 1.82) is 0 Å². The molecule has 104 valence electrons. The predicted molar refractivity (Wildman–Crippen MR) is 80.1 cm³/mol. The Kier molecular flexibility index (Phi) is 4.77. The van der Waals surface area contributed by atoms with E-state index in [9.17, 15) is 9.18 Å². The Bertz CT molecular complexity index is 690. The monoisotopic (exact) mass is 371 g/mol. The molecule has 0 fully saturated rings. The molecule has 2 aromatic rings. The topological polar surface area (TPSA) is 30.0 Å². The Morgan fingerprint density at radius 2 is 1.40 bits per heavy atom. The average molecular weight is 373 g/mol. The lowest BCUT2D eigenvalue weighted by Gasteiger charge is -2.13. The minimum Gasteiger partial charge on any atom is -0.296 e. The standard InChI is InChI=1S/C12H3Cl5FNO/c13-8-7(9(14)11(16)12(17)10(8)15)4-1-2-6(18)19-5(4)3-20/h1-3H.